The highest BCUT2D eigenvalue weighted by Gasteiger charge is 2.15. The highest BCUT2D eigenvalue weighted by Crippen LogP contribution is 2.13. The van der Waals surface area contributed by atoms with Crippen LogP contribution in [0.3, 0.4) is 0 Å². The predicted octanol–water partition coefficient (Wildman–Crippen LogP) is 2.42. The van der Waals surface area contributed by atoms with Crippen molar-refractivity contribution in [3.05, 3.63) is 35.1 Å². The summed E-state index contributed by atoms with van der Waals surface area (Å²) >= 11 is 3.16. The number of rotatable bonds is 2. The maximum atomic E-state index is 13.3. The Hall–Kier alpha value is -1.23. The molecule has 0 bridgehead atoms. The molecule has 1 rings (SSSR count). The van der Waals surface area contributed by atoms with Gasteiger partial charge in [0, 0.05) is 12.3 Å². The van der Waals surface area contributed by atoms with E-state index in [2.05, 4.69) is 20.7 Å². The fraction of sp³-hybridized carbons (Fsp3) is 0.200. The molecule has 0 aliphatic rings. The van der Waals surface area contributed by atoms with Crippen molar-refractivity contribution in [3.63, 3.8) is 0 Å². The summed E-state index contributed by atoms with van der Waals surface area (Å²) in [7, 11) is 0. The predicted molar refractivity (Wildman–Crippen MR) is 55.1 cm³/mol. The van der Waals surface area contributed by atoms with Crippen LogP contribution in [0.15, 0.2) is 18.2 Å². The smallest absolute Gasteiger partial charge is 0.348 e. The largest absolute Gasteiger partial charge is 0.390 e. The second-order valence-electron chi connectivity index (χ2n) is 2.83. The van der Waals surface area contributed by atoms with Crippen molar-refractivity contribution in [2.24, 2.45) is 0 Å². The topological polar surface area (TPSA) is 43.4 Å². The van der Waals surface area contributed by atoms with Crippen molar-refractivity contribution in [1.29, 1.82) is 0 Å². The molecule has 3 nitrogen and oxygen atoms in total. The third kappa shape index (κ3) is 3.13. The lowest BCUT2D eigenvalue weighted by Crippen LogP contribution is -2.11. The third-order valence-electron chi connectivity index (χ3n) is 1.64. The van der Waals surface area contributed by atoms with Gasteiger partial charge in [-0.2, -0.15) is 0 Å². The van der Waals surface area contributed by atoms with Crippen molar-refractivity contribution in [1.82, 2.24) is 0 Å². The Morgan fingerprint density at radius 3 is 2.60 bits per heavy atom. The maximum absolute atomic E-state index is 13.3. The van der Waals surface area contributed by atoms with Gasteiger partial charge in [-0.1, -0.05) is 22.0 Å². The quantitative estimate of drug-likeness (QED) is 0.473. The molecule has 0 radical (unpaired) electrons. The molecule has 0 amide bonds. The van der Waals surface area contributed by atoms with Gasteiger partial charge in [0.15, 0.2) is 0 Å². The number of halogens is 2. The van der Waals surface area contributed by atoms with Crippen LogP contribution in [-0.4, -0.2) is 11.9 Å². The zero-order chi connectivity index (χ0) is 11.4. The first-order chi connectivity index (χ1) is 7.04. The summed E-state index contributed by atoms with van der Waals surface area (Å²) in [6.45, 7) is 1.09. The minimum absolute atomic E-state index is 0.241. The molecule has 1 aromatic rings. The average Bonchev–Trinajstić information content (AvgIpc) is 2.16. The van der Waals surface area contributed by atoms with E-state index in [0.717, 1.165) is 6.92 Å². The summed E-state index contributed by atoms with van der Waals surface area (Å²) in [5.41, 5.74) is 0.460. The van der Waals surface area contributed by atoms with E-state index in [-0.39, 0.29) is 5.56 Å². The van der Waals surface area contributed by atoms with E-state index in [1.807, 2.05) is 0 Å². The third-order valence-corrected chi connectivity index (χ3v) is 2.29. The van der Waals surface area contributed by atoms with Crippen LogP contribution in [0.1, 0.15) is 22.8 Å². The number of hydrogen-bond donors (Lipinski definition) is 0. The Labute approximate surface area is 94.4 Å². The minimum Gasteiger partial charge on any atom is -0.390 e. The van der Waals surface area contributed by atoms with E-state index in [1.165, 1.54) is 12.1 Å². The number of carbonyl (C=O) groups is 2. The molecule has 1 aromatic carbocycles. The van der Waals surface area contributed by atoms with Crippen LogP contribution in [0.2, 0.25) is 0 Å². The summed E-state index contributed by atoms with van der Waals surface area (Å²) in [5.74, 6) is -2.43. The maximum Gasteiger partial charge on any atom is 0.348 e. The van der Waals surface area contributed by atoms with Gasteiger partial charge < -0.3 is 4.74 Å². The first kappa shape index (κ1) is 11.8. The van der Waals surface area contributed by atoms with Gasteiger partial charge in [0.1, 0.15) is 5.82 Å². The molecule has 0 saturated heterocycles. The number of ether oxygens (including phenoxy) is 1. The van der Waals surface area contributed by atoms with Gasteiger partial charge in [-0.05, 0) is 17.7 Å². The van der Waals surface area contributed by atoms with E-state index in [1.54, 1.807) is 6.07 Å². The Morgan fingerprint density at radius 1 is 1.47 bits per heavy atom. The van der Waals surface area contributed by atoms with Crippen molar-refractivity contribution in [2.75, 3.05) is 0 Å². The molecular weight excluding hydrogens is 267 g/mol. The van der Waals surface area contributed by atoms with E-state index >= 15 is 0 Å². The summed E-state index contributed by atoms with van der Waals surface area (Å²) in [4.78, 5) is 21.7. The lowest BCUT2D eigenvalue weighted by atomic mass is 10.1. The van der Waals surface area contributed by atoms with Crippen LogP contribution in [0.25, 0.3) is 0 Å². The van der Waals surface area contributed by atoms with E-state index in [9.17, 15) is 14.0 Å². The number of carbonyl (C=O) groups excluding carboxylic acids is 2. The Kier molecular flexibility index (Phi) is 3.96. The molecule has 0 aliphatic carbocycles. The fourth-order valence-corrected chi connectivity index (χ4v) is 1.34. The van der Waals surface area contributed by atoms with Crippen LogP contribution in [0.4, 0.5) is 4.39 Å². The molecule has 0 heterocycles. The van der Waals surface area contributed by atoms with Crippen molar-refractivity contribution >= 4 is 27.9 Å². The second kappa shape index (κ2) is 5.02. The van der Waals surface area contributed by atoms with Gasteiger partial charge in [-0.15, -0.1) is 0 Å². The highest BCUT2D eigenvalue weighted by atomic mass is 79.9. The van der Waals surface area contributed by atoms with Gasteiger partial charge in [0.25, 0.3) is 0 Å². The number of alkyl halides is 1. The standard InChI is InChI=1S/C10H8BrFO3/c1-6(13)15-10(14)8-3-2-7(5-11)4-9(8)12/h2-4H,5H2,1H3. The van der Waals surface area contributed by atoms with Gasteiger partial charge in [-0.25, -0.2) is 9.18 Å². The summed E-state index contributed by atoms with van der Waals surface area (Å²) in [5, 5.41) is 0.492. The zero-order valence-electron chi connectivity index (χ0n) is 7.92. The SMILES string of the molecule is CC(=O)OC(=O)c1ccc(CBr)cc1F. The zero-order valence-corrected chi connectivity index (χ0v) is 9.51. The van der Waals surface area contributed by atoms with Gasteiger partial charge in [-0.3, -0.25) is 4.79 Å². The van der Waals surface area contributed by atoms with Crippen LogP contribution < -0.4 is 0 Å². The number of hydrogen-bond acceptors (Lipinski definition) is 3. The fourth-order valence-electron chi connectivity index (χ4n) is 0.993. The van der Waals surface area contributed by atoms with Gasteiger partial charge in [0.05, 0.1) is 5.56 Å². The molecule has 0 fully saturated rings. The molecule has 0 aliphatic heterocycles. The minimum atomic E-state index is -0.971. The molecule has 0 atom stereocenters. The van der Waals surface area contributed by atoms with Crippen molar-refractivity contribution in [2.45, 2.75) is 12.3 Å². The normalized spacial score (nSPS) is 9.80. The number of esters is 2. The lowest BCUT2D eigenvalue weighted by Gasteiger charge is -2.02. The average molecular weight is 275 g/mol. The first-order valence-corrected chi connectivity index (χ1v) is 5.24. The van der Waals surface area contributed by atoms with Crippen LogP contribution in [0, 0.1) is 5.82 Å². The van der Waals surface area contributed by atoms with Crippen LogP contribution in [0.5, 0.6) is 0 Å². The summed E-state index contributed by atoms with van der Waals surface area (Å²) in [6, 6.07) is 4.08. The van der Waals surface area contributed by atoms with Crippen molar-refractivity contribution < 1.29 is 18.7 Å². The molecule has 0 aromatic heterocycles. The van der Waals surface area contributed by atoms with Gasteiger partial charge >= 0.3 is 11.9 Å². The van der Waals surface area contributed by atoms with Crippen molar-refractivity contribution in [3.8, 4) is 0 Å². The monoisotopic (exact) mass is 274 g/mol. The summed E-state index contributed by atoms with van der Waals surface area (Å²) in [6.07, 6.45) is 0. The molecule has 0 unspecified atom stereocenters. The first-order valence-electron chi connectivity index (χ1n) is 4.11. The van der Waals surface area contributed by atoms with Crippen LogP contribution >= 0.6 is 15.9 Å². The molecule has 0 saturated carbocycles. The Balaban J connectivity index is 2.95. The lowest BCUT2D eigenvalue weighted by molar-refractivity contribution is -0.135. The Bertz CT molecular complexity index is 404. The molecule has 0 spiro atoms. The Morgan fingerprint density at radius 2 is 2.13 bits per heavy atom. The molecule has 80 valence electrons. The van der Waals surface area contributed by atoms with E-state index in [4.69, 9.17) is 0 Å². The van der Waals surface area contributed by atoms with E-state index < -0.39 is 17.8 Å². The molecule has 5 heteroatoms. The van der Waals surface area contributed by atoms with Gasteiger partial charge in [0.2, 0.25) is 0 Å². The molecular formula is C10H8BrFO3. The summed E-state index contributed by atoms with van der Waals surface area (Å²) < 4.78 is 17.6. The number of benzene rings is 1. The van der Waals surface area contributed by atoms with E-state index in [0.29, 0.717) is 10.9 Å². The van der Waals surface area contributed by atoms with Crippen LogP contribution in [-0.2, 0) is 14.9 Å². The molecule has 0 N–H and O–H groups in total. The highest BCUT2D eigenvalue weighted by molar-refractivity contribution is 9.08. The molecule has 15 heavy (non-hydrogen) atoms. The second-order valence-corrected chi connectivity index (χ2v) is 3.39.